The number of nitrogens with one attached hydrogen (secondary N) is 1. The molecule has 0 amide bonds. The Morgan fingerprint density at radius 2 is 1.90 bits per heavy atom. The number of carbonyl (C=O) groups is 1. The summed E-state index contributed by atoms with van der Waals surface area (Å²) in [4.78, 5) is 12.6. The van der Waals surface area contributed by atoms with Gasteiger partial charge < -0.3 is 5.11 Å². The molecule has 1 atom stereocenters. The molecular formula is C17H21NO2S. The standard InChI is InChI=1S/C17H21NO2S/c1-12(2)18-17(3,16(19)20)11-21-15-9-8-13-6-4-5-7-14(13)10-15/h4-10,12,18H,11H2,1-3H3,(H,19,20). The van der Waals surface area contributed by atoms with Gasteiger partial charge in [0, 0.05) is 16.7 Å². The van der Waals surface area contributed by atoms with Gasteiger partial charge in [0.25, 0.3) is 0 Å². The normalized spacial score (nSPS) is 14.3. The molecule has 2 aromatic carbocycles. The molecule has 112 valence electrons. The molecule has 0 aliphatic rings. The van der Waals surface area contributed by atoms with Crippen LogP contribution in [0.5, 0.6) is 0 Å². The van der Waals surface area contributed by atoms with Gasteiger partial charge in [-0.05, 0) is 43.7 Å². The minimum Gasteiger partial charge on any atom is -0.480 e. The van der Waals surface area contributed by atoms with Crippen LogP contribution in [0.2, 0.25) is 0 Å². The Bertz CT molecular complexity index is 641. The van der Waals surface area contributed by atoms with Crippen molar-refractivity contribution in [3.63, 3.8) is 0 Å². The van der Waals surface area contributed by atoms with E-state index in [-0.39, 0.29) is 6.04 Å². The number of carboxylic acid groups (broad SMARTS) is 1. The predicted octanol–water partition coefficient (Wildman–Crippen LogP) is 3.77. The zero-order chi connectivity index (χ0) is 15.5. The topological polar surface area (TPSA) is 49.3 Å². The van der Waals surface area contributed by atoms with E-state index < -0.39 is 11.5 Å². The fraction of sp³-hybridized carbons (Fsp3) is 0.353. The molecule has 21 heavy (non-hydrogen) atoms. The second-order valence-corrected chi connectivity index (χ2v) is 6.78. The summed E-state index contributed by atoms with van der Waals surface area (Å²) in [6, 6.07) is 14.5. The number of thioether (sulfide) groups is 1. The van der Waals surface area contributed by atoms with Crippen LogP contribution in [0.15, 0.2) is 47.4 Å². The van der Waals surface area contributed by atoms with Gasteiger partial charge >= 0.3 is 5.97 Å². The third-order valence-electron chi connectivity index (χ3n) is 3.33. The van der Waals surface area contributed by atoms with Gasteiger partial charge in [-0.2, -0.15) is 0 Å². The van der Waals surface area contributed by atoms with Crippen LogP contribution in [0.4, 0.5) is 0 Å². The molecule has 0 aliphatic heterocycles. The highest BCUT2D eigenvalue weighted by molar-refractivity contribution is 7.99. The zero-order valence-electron chi connectivity index (χ0n) is 12.6. The Kier molecular flexibility index (Phi) is 4.91. The van der Waals surface area contributed by atoms with Gasteiger partial charge in [-0.1, -0.05) is 30.3 Å². The van der Waals surface area contributed by atoms with Crippen LogP contribution in [0.25, 0.3) is 10.8 Å². The van der Waals surface area contributed by atoms with Gasteiger partial charge in [0.2, 0.25) is 0 Å². The first-order chi connectivity index (χ1) is 9.90. The fourth-order valence-electron chi connectivity index (χ4n) is 2.29. The van der Waals surface area contributed by atoms with Crippen LogP contribution in [0.1, 0.15) is 20.8 Å². The lowest BCUT2D eigenvalue weighted by Gasteiger charge is -2.28. The summed E-state index contributed by atoms with van der Waals surface area (Å²) in [5.74, 6) is -0.330. The monoisotopic (exact) mass is 303 g/mol. The predicted molar refractivity (Wildman–Crippen MR) is 89.0 cm³/mol. The fourth-order valence-corrected chi connectivity index (χ4v) is 3.32. The maximum Gasteiger partial charge on any atom is 0.324 e. The molecule has 1 unspecified atom stereocenters. The summed E-state index contributed by atoms with van der Waals surface area (Å²) >= 11 is 1.57. The Morgan fingerprint density at radius 1 is 1.24 bits per heavy atom. The second-order valence-electron chi connectivity index (χ2n) is 5.73. The summed E-state index contributed by atoms with van der Waals surface area (Å²) in [5, 5.41) is 15.0. The second kappa shape index (κ2) is 6.50. The average Bonchev–Trinajstić information content (AvgIpc) is 2.44. The molecule has 0 heterocycles. The van der Waals surface area contributed by atoms with Crippen molar-refractivity contribution in [2.24, 2.45) is 0 Å². The van der Waals surface area contributed by atoms with Crippen molar-refractivity contribution < 1.29 is 9.90 Å². The van der Waals surface area contributed by atoms with Crippen LogP contribution in [0, 0.1) is 0 Å². The van der Waals surface area contributed by atoms with Gasteiger partial charge in [0.05, 0.1) is 0 Å². The number of carboxylic acids is 1. The van der Waals surface area contributed by atoms with Crippen molar-refractivity contribution in [3.8, 4) is 0 Å². The first kappa shape index (κ1) is 15.9. The van der Waals surface area contributed by atoms with Crippen molar-refractivity contribution in [3.05, 3.63) is 42.5 Å². The van der Waals surface area contributed by atoms with E-state index in [1.165, 1.54) is 10.8 Å². The molecule has 2 N–H and O–H groups in total. The van der Waals surface area contributed by atoms with Gasteiger partial charge in [0.15, 0.2) is 0 Å². The maximum atomic E-state index is 11.5. The lowest BCUT2D eigenvalue weighted by Crippen LogP contribution is -2.54. The molecule has 0 spiro atoms. The number of fused-ring (bicyclic) bond motifs is 1. The van der Waals surface area contributed by atoms with E-state index in [0.29, 0.717) is 5.75 Å². The number of aliphatic carboxylic acids is 1. The van der Waals surface area contributed by atoms with Crippen LogP contribution in [-0.4, -0.2) is 28.4 Å². The molecule has 0 aliphatic carbocycles. The Morgan fingerprint density at radius 3 is 2.52 bits per heavy atom. The molecule has 0 saturated heterocycles. The number of hydrogen-bond donors (Lipinski definition) is 2. The summed E-state index contributed by atoms with van der Waals surface area (Å²) in [5.41, 5.74) is -0.926. The first-order valence-corrected chi connectivity index (χ1v) is 8.02. The van der Waals surface area contributed by atoms with Gasteiger partial charge in [-0.15, -0.1) is 11.8 Å². The first-order valence-electron chi connectivity index (χ1n) is 7.03. The van der Waals surface area contributed by atoms with Crippen LogP contribution < -0.4 is 5.32 Å². The molecule has 0 aromatic heterocycles. The van der Waals surface area contributed by atoms with Gasteiger partial charge in [0.1, 0.15) is 5.54 Å². The molecule has 0 fully saturated rings. The molecule has 0 bridgehead atoms. The van der Waals surface area contributed by atoms with E-state index in [4.69, 9.17) is 0 Å². The summed E-state index contributed by atoms with van der Waals surface area (Å²) < 4.78 is 0. The van der Waals surface area contributed by atoms with E-state index in [9.17, 15) is 9.90 Å². The number of benzene rings is 2. The average molecular weight is 303 g/mol. The summed E-state index contributed by atoms with van der Waals surface area (Å²) in [7, 11) is 0. The highest BCUT2D eigenvalue weighted by atomic mass is 32.2. The lowest BCUT2D eigenvalue weighted by atomic mass is 10.1. The number of rotatable bonds is 6. The largest absolute Gasteiger partial charge is 0.480 e. The molecule has 3 nitrogen and oxygen atoms in total. The summed E-state index contributed by atoms with van der Waals surface area (Å²) in [6.45, 7) is 5.66. The Labute approximate surface area is 129 Å². The van der Waals surface area contributed by atoms with Crippen molar-refractivity contribution in [1.82, 2.24) is 5.32 Å². The van der Waals surface area contributed by atoms with Crippen LogP contribution in [0.3, 0.4) is 0 Å². The van der Waals surface area contributed by atoms with E-state index in [0.717, 1.165) is 4.90 Å². The zero-order valence-corrected chi connectivity index (χ0v) is 13.4. The molecular weight excluding hydrogens is 282 g/mol. The van der Waals surface area contributed by atoms with E-state index in [1.54, 1.807) is 18.7 Å². The smallest absolute Gasteiger partial charge is 0.324 e. The molecule has 4 heteroatoms. The SMILES string of the molecule is CC(C)NC(C)(CSc1ccc2ccccc2c1)C(=O)O. The highest BCUT2D eigenvalue weighted by Gasteiger charge is 2.33. The van der Waals surface area contributed by atoms with E-state index in [1.807, 2.05) is 32.0 Å². The van der Waals surface area contributed by atoms with Crippen molar-refractivity contribution in [2.45, 2.75) is 37.2 Å². The van der Waals surface area contributed by atoms with Crippen molar-refractivity contribution in [2.75, 3.05) is 5.75 Å². The minimum atomic E-state index is -0.926. The lowest BCUT2D eigenvalue weighted by molar-refractivity contribution is -0.143. The number of hydrogen-bond acceptors (Lipinski definition) is 3. The van der Waals surface area contributed by atoms with Gasteiger partial charge in [-0.25, -0.2) is 0 Å². The maximum absolute atomic E-state index is 11.5. The Hall–Kier alpha value is -1.52. The van der Waals surface area contributed by atoms with E-state index >= 15 is 0 Å². The molecule has 2 aromatic rings. The van der Waals surface area contributed by atoms with Crippen LogP contribution in [-0.2, 0) is 4.79 Å². The van der Waals surface area contributed by atoms with Crippen molar-refractivity contribution >= 4 is 28.5 Å². The van der Waals surface area contributed by atoms with Gasteiger partial charge in [-0.3, -0.25) is 10.1 Å². The Balaban J connectivity index is 2.13. The molecule has 0 saturated carbocycles. The van der Waals surface area contributed by atoms with Crippen LogP contribution >= 0.6 is 11.8 Å². The molecule has 0 radical (unpaired) electrons. The third kappa shape index (κ3) is 3.99. The highest BCUT2D eigenvalue weighted by Crippen LogP contribution is 2.26. The quantitative estimate of drug-likeness (QED) is 0.798. The van der Waals surface area contributed by atoms with Crippen molar-refractivity contribution in [1.29, 1.82) is 0 Å². The minimum absolute atomic E-state index is 0.128. The molecule has 2 rings (SSSR count). The summed E-state index contributed by atoms with van der Waals surface area (Å²) in [6.07, 6.45) is 0. The van der Waals surface area contributed by atoms with E-state index in [2.05, 4.69) is 29.6 Å². The third-order valence-corrected chi connectivity index (χ3v) is 4.64.